The molecule has 4 heterocycles. The van der Waals surface area contributed by atoms with Crippen molar-refractivity contribution in [3.63, 3.8) is 0 Å². The smallest absolute Gasteiger partial charge is 0.411 e. The molecule has 0 aromatic carbocycles. The van der Waals surface area contributed by atoms with E-state index in [2.05, 4.69) is 20.3 Å². The molecule has 184 valence electrons. The van der Waals surface area contributed by atoms with Crippen molar-refractivity contribution >= 4 is 40.1 Å². The molecular formula is C24H26ClN5O4S. The zero-order chi connectivity index (χ0) is 25.5. The fraction of sp³-hybridized carbons (Fsp3) is 0.375. The number of anilines is 1. The van der Waals surface area contributed by atoms with Crippen LogP contribution in [-0.2, 0) is 11.3 Å². The van der Waals surface area contributed by atoms with Gasteiger partial charge in [-0.3, -0.25) is 20.0 Å². The highest BCUT2D eigenvalue weighted by molar-refractivity contribution is 7.16. The third-order valence-corrected chi connectivity index (χ3v) is 6.56. The number of halogens is 1. The number of nitrogens with one attached hydrogen (secondary N) is 1. The Morgan fingerprint density at radius 1 is 1.20 bits per heavy atom. The molecule has 35 heavy (non-hydrogen) atoms. The predicted octanol–water partition coefficient (Wildman–Crippen LogP) is 5.63. The van der Waals surface area contributed by atoms with E-state index in [-0.39, 0.29) is 23.2 Å². The van der Waals surface area contributed by atoms with Crippen LogP contribution in [-0.4, -0.2) is 44.6 Å². The first-order chi connectivity index (χ1) is 16.5. The van der Waals surface area contributed by atoms with Gasteiger partial charge in [0.05, 0.1) is 42.0 Å². The van der Waals surface area contributed by atoms with Crippen LogP contribution in [0.4, 0.5) is 9.93 Å². The normalized spacial score (nSPS) is 15.1. The lowest BCUT2D eigenvalue weighted by Crippen LogP contribution is -2.35. The van der Waals surface area contributed by atoms with Gasteiger partial charge in [-0.05, 0) is 46.8 Å². The van der Waals surface area contributed by atoms with E-state index in [1.54, 1.807) is 17.0 Å². The molecule has 0 saturated carbocycles. The number of hydrogen-bond donors (Lipinski definition) is 1. The number of nitrogens with zero attached hydrogens (tertiary/aromatic N) is 4. The Balaban J connectivity index is 1.58. The second kappa shape index (κ2) is 9.43. The summed E-state index contributed by atoms with van der Waals surface area (Å²) in [5, 5.41) is 3.60. The zero-order valence-electron chi connectivity index (χ0n) is 20.3. The first kappa shape index (κ1) is 24.9. The van der Waals surface area contributed by atoms with Crippen LogP contribution in [0.3, 0.4) is 0 Å². The topological polar surface area (TPSA) is 107 Å². The number of thiazole rings is 1. The van der Waals surface area contributed by atoms with Crippen LogP contribution in [0.25, 0.3) is 11.1 Å². The maximum Gasteiger partial charge on any atom is 0.411 e. The van der Waals surface area contributed by atoms with Gasteiger partial charge in [-0.2, -0.15) is 0 Å². The molecule has 0 fully saturated rings. The molecule has 3 aromatic rings. The van der Waals surface area contributed by atoms with E-state index in [1.807, 2.05) is 34.6 Å². The number of rotatable bonds is 4. The summed E-state index contributed by atoms with van der Waals surface area (Å²) < 4.78 is 10.9. The lowest BCUT2D eigenvalue weighted by molar-refractivity contribution is 0.0186. The monoisotopic (exact) mass is 515 g/mol. The molecular weight excluding hydrogens is 490 g/mol. The highest BCUT2D eigenvalue weighted by Gasteiger charge is 2.36. The Kier molecular flexibility index (Phi) is 6.70. The van der Waals surface area contributed by atoms with Gasteiger partial charge in [0.25, 0.3) is 5.91 Å². The maximum absolute atomic E-state index is 13.3. The summed E-state index contributed by atoms with van der Waals surface area (Å²) in [7, 11) is 1.53. The number of carbonyl (C=O) groups is 2. The molecule has 1 N–H and O–H groups in total. The molecule has 1 aliphatic rings. The van der Waals surface area contributed by atoms with E-state index in [0.717, 1.165) is 16.3 Å². The summed E-state index contributed by atoms with van der Waals surface area (Å²) in [6.07, 6.45) is 2.64. The lowest BCUT2D eigenvalue weighted by Gasteiger charge is -2.26. The summed E-state index contributed by atoms with van der Waals surface area (Å²) in [5.41, 5.74) is 2.49. The molecule has 9 nitrogen and oxygen atoms in total. The number of methoxy groups -OCH3 is 1. The molecule has 1 aliphatic heterocycles. The van der Waals surface area contributed by atoms with Gasteiger partial charge in [-0.25, -0.2) is 14.8 Å². The second-order valence-electron chi connectivity index (χ2n) is 9.14. The average Bonchev–Trinajstić information content (AvgIpc) is 3.30. The van der Waals surface area contributed by atoms with Gasteiger partial charge >= 0.3 is 6.09 Å². The van der Waals surface area contributed by atoms with E-state index in [4.69, 9.17) is 21.1 Å². The summed E-state index contributed by atoms with van der Waals surface area (Å²) >= 11 is 7.46. The van der Waals surface area contributed by atoms with Crippen molar-refractivity contribution in [3.05, 3.63) is 51.5 Å². The number of amides is 2. The van der Waals surface area contributed by atoms with Crippen LogP contribution in [0.15, 0.2) is 24.5 Å². The number of pyridine rings is 2. The quantitative estimate of drug-likeness (QED) is 0.448. The Morgan fingerprint density at radius 3 is 2.60 bits per heavy atom. The van der Waals surface area contributed by atoms with E-state index >= 15 is 0 Å². The average molecular weight is 516 g/mol. The minimum Gasteiger partial charge on any atom is -0.494 e. The van der Waals surface area contributed by atoms with Gasteiger partial charge in [-0.15, -0.1) is 0 Å². The van der Waals surface area contributed by atoms with Gasteiger partial charge in [0.2, 0.25) is 0 Å². The van der Waals surface area contributed by atoms with E-state index in [0.29, 0.717) is 34.1 Å². The van der Waals surface area contributed by atoms with Crippen LogP contribution < -0.4 is 10.1 Å². The van der Waals surface area contributed by atoms with E-state index in [1.165, 1.54) is 30.8 Å². The highest BCUT2D eigenvalue weighted by atomic mass is 35.5. The van der Waals surface area contributed by atoms with Crippen molar-refractivity contribution in [1.82, 2.24) is 19.9 Å². The molecule has 0 saturated heterocycles. The molecule has 0 spiro atoms. The number of aryl methyl sites for hydroxylation is 1. The third-order valence-electron chi connectivity index (χ3n) is 5.38. The Hall–Kier alpha value is -3.24. The van der Waals surface area contributed by atoms with E-state index < -0.39 is 5.60 Å². The number of aromatic nitrogens is 3. The van der Waals surface area contributed by atoms with E-state index in [9.17, 15) is 9.59 Å². The minimum atomic E-state index is -0.582. The van der Waals surface area contributed by atoms with Crippen molar-refractivity contribution in [3.8, 4) is 16.9 Å². The van der Waals surface area contributed by atoms with Gasteiger partial charge in [0.1, 0.15) is 16.5 Å². The molecule has 1 atom stereocenters. The Bertz CT molecular complexity index is 1300. The summed E-state index contributed by atoms with van der Waals surface area (Å²) in [4.78, 5) is 41.3. The minimum absolute atomic E-state index is 0.262. The number of fused-ring (bicyclic) bond motifs is 1. The second-order valence-corrected chi connectivity index (χ2v) is 10.6. The van der Waals surface area contributed by atoms with Crippen molar-refractivity contribution in [1.29, 1.82) is 0 Å². The molecule has 4 rings (SSSR count). The first-order valence-electron chi connectivity index (χ1n) is 10.9. The number of carbonyl (C=O) groups excluding carboxylic acids is 2. The summed E-state index contributed by atoms with van der Waals surface area (Å²) in [6.45, 7) is 9.60. The third kappa shape index (κ3) is 5.23. The standard InChI is InChI=1S/C24H26ClN5O4S/c1-12-7-14(15-8-19(25)27-10-17(15)33-6)16(9-26-12)21(31)29-22-28-20-13(2)30(11-18(20)35-22)23(32)34-24(3,4)5/h7-10,13H,11H2,1-6H3,(H,28,29,31). The molecule has 11 heteroatoms. The number of ether oxygens (including phenoxy) is 2. The fourth-order valence-electron chi connectivity index (χ4n) is 3.76. The Morgan fingerprint density at radius 2 is 1.94 bits per heavy atom. The van der Waals surface area contributed by atoms with Gasteiger partial charge in [-0.1, -0.05) is 22.9 Å². The van der Waals surface area contributed by atoms with Gasteiger partial charge in [0, 0.05) is 23.0 Å². The molecule has 1 unspecified atom stereocenters. The molecule has 2 amide bonds. The molecule has 0 bridgehead atoms. The van der Waals surface area contributed by atoms with Crippen LogP contribution in [0.2, 0.25) is 5.15 Å². The first-order valence-corrected chi connectivity index (χ1v) is 12.1. The molecule has 3 aromatic heterocycles. The van der Waals surface area contributed by atoms with Crippen molar-refractivity contribution in [2.75, 3.05) is 12.4 Å². The molecule has 0 aliphatic carbocycles. The van der Waals surface area contributed by atoms with Gasteiger partial charge < -0.3 is 9.47 Å². The van der Waals surface area contributed by atoms with Crippen LogP contribution in [0.5, 0.6) is 5.75 Å². The van der Waals surface area contributed by atoms with Crippen LogP contribution in [0.1, 0.15) is 60.4 Å². The predicted molar refractivity (Wildman–Crippen MR) is 134 cm³/mol. The van der Waals surface area contributed by atoms with Crippen LogP contribution >= 0.6 is 22.9 Å². The van der Waals surface area contributed by atoms with Crippen LogP contribution in [0, 0.1) is 6.92 Å². The summed E-state index contributed by atoms with van der Waals surface area (Å²) in [5.74, 6) is 0.116. The van der Waals surface area contributed by atoms with Crippen molar-refractivity contribution in [2.24, 2.45) is 0 Å². The Labute approximate surface area is 212 Å². The fourth-order valence-corrected chi connectivity index (χ4v) is 4.96. The van der Waals surface area contributed by atoms with Crippen molar-refractivity contribution in [2.45, 2.75) is 52.8 Å². The SMILES string of the molecule is COc1cnc(Cl)cc1-c1cc(C)ncc1C(=O)Nc1nc2c(s1)CN(C(=O)OC(C)(C)C)C2C. The maximum atomic E-state index is 13.3. The zero-order valence-corrected chi connectivity index (χ0v) is 21.9. The molecule has 0 radical (unpaired) electrons. The van der Waals surface area contributed by atoms with Gasteiger partial charge in [0.15, 0.2) is 5.13 Å². The van der Waals surface area contributed by atoms with Crippen molar-refractivity contribution < 1.29 is 19.1 Å². The number of hydrogen-bond acceptors (Lipinski definition) is 8. The largest absolute Gasteiger partial charge is 0.494 e. The highest BCUT2D eigenvalue weighted by Crippen LogP contribution is 2.40. The summed E-state index contributed by atoms with van der Waals surface area (Å²) in [6, 6.07) is 3.18. The lowest BCUT2D eigenvalue weighted by atomic mass is 10.0.